The van der Waals surface area contributed by atoms with E-state index in [0.717, 1.165) is 11.7 Å². The Morgan fingerprint density at radius 2 is 2.70 bits per heavy atom. The highest BCUT2D eigenvalue weighted by Crippen LogP contribution is 1.91. The van der Waals surface area contributed by atoms with E-state index in [9.17, 15) is 4.79 Å². The molecule has 10 heavy (non-hydrogen) atoms. The Morgan fingerprint density at radius 1 is 1.90 bits per heavy atom. The minimum absolute atomic E-state index is 0.0216. The van der Waals surface area contributed by atoms with E-state index in [1.54, 1.807) is 6.20 Å². The number of imidazole rings is 1. The molecule has 0 aromatic carbocycles. The van der Waals surface area contributed by atoms with Gasteiger partial charge in [0.2, 0.25) is 0 Å². The van der Waals surface area contributed by atoms with Crippen LogP contribution in [0.1, 0.15) is 10.6 Å². The Kier molecular flexibility index (Phi) is 2.67. The van der Waals surface area contributed by atoms with Gasteiger partial charge in [-0.3, -0.25) is 4.79 Å². The SMILES string of the molecule is [CH3][AlH][CH2]n1ccnc1C=O. The van der Waals surface area contributed by atoms with Crippen LogP contribution in [0.4, 0.5) is 0 Å². The smallest absolute Gasteiger partial charge is 0.264 e. The summed E-state index contributed by atoms with van der Waals surface area (Å²) in [6.07, 6.45) is 4.30. The second kappa shape index (κ2) is 3.55. The van der Waals surface area contributed by atoms with Crippen molar-refractivity contribution in [3.05, 3.63) is 18.2 Å². The molecule has 3 nitrogen and oxygen atoms in total. The molecule has 0 N–H and O–H groups in total. The summed E-state index contributed by atoms with van der Waals surface area (Å²) >= 11 is -0.0216. The lowest BCUT2D eigenvalue weighted by atomic mass is 10.7. The Hall–Kier alpha value is -0.588. The van der Waals surface area contributed by atoms with Gasteiger partial charge in [0.05, 0.1) is 0 Å². The zero-order valence-corrected chi connectivity index (χ0v) is 7.36. The lowest BCUT2D eigenvalue weighted by molar-refractivity contribution is 0.111. The molecule has 0 atom stereocenters. The van der Waals surface area contributed by atoms with Gasteiger partial charge in [0.15, 0.2) is 12.1 Å². The Balaban J connectivity index is 2.79. The van der Waals surface area contributed by atoms with E-state index < -0.39 is 0 Å². The molecule has 0 unspecified atom stereocenters. The van der Waals surface area contributed by atoms with E-state index >= 15 is 0 Å². The first-order chi connectivity index (χ1) is 4.88. The van der Waals surface area contributed by atoms with Gasteiger partial charge in [0, 0.05) is 12.4 Å². The van der Waals surface area contributed by atoms with Crippen molar-refractivity contribution in [3.63, 3.8) is 0 Å². The van der Waals surface area contributed by atoms with Crippen molar-refractivity contribution in [1.29, 1.82) is 0 Å². The maximum absolute atomic E-state index is 10.3. The zero-order valence-electron chi connectivity index (χ0n) is 5.95. The number of rotatable bonds is 3. The van der Waals surface area contributed by atoms with Crippen LogP contribution in [0.2, 0.25) is 5.79 Å². The number of nitrogens with zero attached hydrogens (tertiary/aromatic N) is 2. The molecule has 0 saturated carbocycles. The zero-order chi connectivity index (χ0) is 7.40. The highest BCUT2D eigenvalue weighted by molar-refractivity contribution is 6.31. The molecular weight excluding hydrogens is 143 g/mol. The highest BCUT2D eigenvalue weighted by Gasteiger charge is 1.97. The topological polar surface area (TPSA) is 34.9 Å². The average Bonchev–Trinajstić information content (AvgIpc) is 2.36. The van der Waals surface area contributed by atoms with E-state index in [-0.39, 0.29) is 15.2 Å². The molecule has 0 spiro atoms. The van der Waals surface area contributed by atoms with E-state index in [2.05, 4.69) is 10.8 Å². The molecular formula is C6H9AlN2O. The van der Waals surface area contributed by atoms with Crippen LogP contribution in [-0.4, -0.2) is 31.1 Å². The van der Waals surface area contributed by atoms with Gasteiger partial charge in [-0.25, -0.2) is 4.98 Å². The van der Waals surface area contributed by atoms with Gasteiger partial charge < -0.3 is 4.57 Å². The molecule has 0 bridgehead atoms. The first-order valence-electron chi connectivity index (χ1n) is 3.34. The van der Waals surface area contributed by atoms with E-state index in [1.807, 2.05) is 10.8 Å². The Labute approximate surface area is 65.8 Å². The van der Waals surface area contributed by atoms with Crippen molar-refractivity contribution >= 4 is 21.5 Å². The molecule has 1 rings (SSSR count). The van der Waals surface area contributed by atoms with Gasteiger partial charge in [-0.05, 0) is 5.41 Å². The molecule has 0 radical (unpaired) electrons. The number of carbonyl (C=O) groups is 1. The molecule has 1 aromatic rings. The summed E-state index contributed by atoms with van der Waals surface area (Å²) in [6.45, 7) is 0. The third kappa shape index (κ3) is 1.47. The van der Waals surface area contributed by atoms with Gasteiger partial charge in [-0.1, -0.05) is 0 Å². The monoisotopic (exact) mass is 152 g/mol. The minimum atomic E-state index is -0.0216. The quantitative estimate of drug-likeness (QED) is 0.456. The summed E-state index contributed by atoms with van der Waals surface area (Å²) in [5.74, 6) is 2.75. The number of aromatic nitrogens is 2. The molecule has 0 aliphatic rings. The molecule has 0 fully saturated rings. The number of hydrogen-bond acceptors (Lipinski definition) is 2. The predicted molar refractivity (Wildman–Crippen MR) is 40.6 cm³/mol. The molecule has 0 saturated heterocycles. The van der Waals surface area contributed by atoms with Crippen molar-refractivity contribution in [2.45, 2.75) is 11.2 Å². The molecule has 52 valence electrons. The summed E-state index contributed by atoms with van der Waals surface area (Å²) in [6, 6.07) is 0. The normalized spacial score (nSPS) is 9.30. The van der Waals surface area contributed by atoms with E-state index in [4.69, 9.17) is 0 Å². The Morgan fingerprint density at radius 3 is 3.30 bits per heavy atom. The van der Waals surface area contributed by atoms with Crippen LogP contribution in [0.25, 0.3) is 0 Å². The fourth-order valence-electron chi connectivity index (χ4n) is 0.869. The maximum atomic E-state index is 10.3. The second-order valence-electron chi connectivity index (χ2n) is 2.10. The van der Waals surface area contributed by atoms with Crippen molar-refractivity contribution in [1.82, 2.24) is 9.55 Å². The van der Waals surface area contributed by atoms with Crippen LogP contribution in [-0.2, 0) is 5.41 Å². The molecule has 1 aromatic heterocycles. The van der Waals surface area contributed by atoms with Crippen molar-refractivity contribution in [3.8, 4) is 0 Å². The summed E-state index contributed by atoms with van der Waals surface area (Å²) < 4.78 is 1.90. The van der Waals surface area contributed by atoms with Crippen molar-refractivity contribution < 1.29 is 4.79 Å². The van der Waals surface area contributed by atoms with Gasteiger partial charge in [0.1, 0.15) is 0 Å². The maximum Gasteiger partial charge on any atom is 0.264 e. The standard InChI is InChI=1S/C5H5N2O.CH3.Al.H/c1-7-3-2-6-5(7)4-8;;;/h2-4H,1H2;1H3;;. The van der Waals surface area contributed by atoms with Crippen molar-refractivity contribution in [2.75, 3.05) is 0 Å². The van der Waals surface area contributed by atoms with Gasteiger partial charge >= 0.3 is 0 Å². The highest BCUT2D eigenvalue weighted by atomic mass is 27.1. The molecule has 1 heterocycles. The first-order valence-corrected chi connectivity index (χ1v) is 5.76. The van der Waals surface area contributed by atoms with Crippen LogP contribution in [0.3, 0.4) is 0 Å². The van der Waals surface area contributed by atoms with Crippen molar-refractivity contribution in [2.24, 2.45) is 0 Å². The van der Waals surface area contributed by atoms with Gasteiger partial charge in [0.25, 0.3) is 15.2 Å². The first kappa shape index (κ1) is 7.52. The second-order valence-corrected chi connectivity index (χ2v) is 3.54. The Bertz CT molecular complexity index is 221. The molecule has 4 heteroatoms. The third-order valence-electron chi connectivity index (χ3n) is 1.32. The largest absolute Gasteiger partial charge is 0.343 e. The summed E-state index contributed by atoms with van der Waals surface area (Å²) in [7, 11) is 0. The third-order valence-corrected chi connectivity index (χ3v) is 2.25. The van der Waals surface area contributed by atoms with Crippen LogP contribution in [0, 0.1) is 0 Å². The average molecular weight is 152 g/mol. The molecule has 0 aliphatic heterocycles. The minimum Gasteiger partial charge on any atom is -0.343 e. The van der Waals surface area contributed by atoms with E-state index in [0.29, 0.717) is 5.82 Å². The van der Waals surface area contributed by atoms with E-state index in [1.165, 1.54) is 0 Å². The van der Waals surface area contributed by atoms with Crippen LogP contribution in [0.5, 0.6) is 0 Å². The molecule has 0 aliphatic carbocycles. The lowest BCUT2D eigenvalue weighted by Gasteiger charge is -1.97. The fourth-order valence-corrected chi connectivity index (χ4v) is 1.73. The van der Waals surface area contributed by atoms with Crippen LogP contribution >= 0.6 is 0 Å². The number of hydrogen-bond donors (Lipinski definition) is 0. The van der Waals surface area contributed by atoms with Gasteiger partial charge in [-0.15, -0.1) is 5.79 Å². The summed E-state index contributed by atoms with van der Waals surface area (Å²) in [4.78, 5) is 14.2. The molecule has 0 amide bonds. The number of carbonyl (C=O) groups excluding carboxylic acids is 1. The fraction of sp³-hybridized carbons (Fsp3) is 0.333. The van der Waals surface area contributed by atoms with Crippen LogP contribution in [0.15, 0.2) is 12.4 Å². The van der Waals surface area contributed by atoms with Crippen LogP contribution < -0.4 is 0 Å². The summed E-state index contributed by atoms with van der Waals surface area (Å²) in [5.41, 5.74) is 0. The lowest BCUT2D eigenvalue weighted by Crippen LogP contribution is -2.05. The predicted octanol–water partition coefficient (Wildman–Crippen LogP) is 0.138. The summed E-state index contributed by atoms with van der Waals surface area (Å²) in [5, 5.41) is 1.01. The number of aldehydes is 1. The van der Waals surface area contributed by atoms with Gasteiger partial charge in [-0.2, -0.15) is 0 Å².